The maximum Gasteiger partial charge on any atom is 0.108 e. The first-order valence-corrected chi connectivity index (χ1v) is 6.77. The molecule has 0 aliphatic heterocycles. The summed E-state index contributed by atoms with van der Waals surface area (Å²) in [5, 5.41) is 5.31. The van der Waals surface area contributed by atoms with Gasteiger partial charge in [-0.3, -0.25) is 4.98 Å². The summed E-state index contributed by atoms with van der Waals surface area (Å²) in [6, 6.07) is 8.31. The van der Waals surface area contributed by atoms with Crippen molar-refractivity contribution in [2.24, 2.45) is 0 Å². The van der Waals surface area contributed by atoms with Crippen LogP contribution in [0.4, 0.5) is 0 Å². The number of nitrogens with one attached hydrogen (secondary N) is 1. The average Bonchev–Trinajstić information content (AvgIpc) is 2.78. The highest BCUT2D eigenvalue weighted by Gasteiger charge is 2.12. The lowest BCUT2D eigenvalue weighted by molar-refractivity contribution is 0.741. The molecule has 0 saturated carbocycles. The molecule has 0 saturated heterocycles. The number of pyridine rings is 1. The lowest BCUT2D eigenvalue weighted by Gasteiger charge is -2.11. The topological polar surface area (TPSA) is 24.9 Å². The minimum absolute atomic E-state index is 0.346. The molecule has 2 aromatic rings. The van der Waals surface area contributed by atoms with E-state index in [1.807, 2.05) is 29.6 Å². The first kappa shape index (κ1) is 12.2. The molecule has 0 spiro atoms. The van der Waals surface area contributed by atoms with Gasteiger partial charge in [0, 0.05) is 17.8 Å². The van der Waals surface area contributed by atoms with E-state index in [1.165, 1.54) is 0 Å². The van der Waals surface area contributed by atoms with E-state index >= 15 is 0 Å². The van der Waals surface area contributed by atoms with E-state index in [4.69, 9.17) is 12.2 Å². The van der Waals surface area contributed by atoms with Crippen molar-refractivity contribution in [2.75, 3.05) is 0 Å². The van der Waals surface area contributed by atoms with Crippen molar-refractivity contribution in [3.05, 3.63) is 41.4 Å². The van der Waals surface area contributed by atoms with E-state index in [2.05, 4.69) is 24.1 Å². The fraction of sp³-hybridized carbons (Fsp3) is 0.231. The molecule has 17 heavy (non-hydrogen) atoms. The van der Waals surface area contributed by atoms with Crippen LogP contribution >= 0.6 is 23.6 Å². The van der Waals surface area contributed by atoms with Crippen LogP contribution in [0.5, 0.6) is 0 Å². The highest BCUT2D eigenvalue weighted by Crippen LogP contribution is 2.28. The van der Waals surface area contributed by atoms with Gasteiger partial charge in [-0.2, -0.15) is 0 Å². The molecular weight excluding hydrogens is 248 g/mol. The number of rotatable bonds is 3. The number of hydrogen-bond acceptors (Lipinski definition) is 3. The van der Waals surface area contributed by atoms with E-state index in [9.17, 15) is 0 Å². The van der Waals surface area contributed by atoms with Crippen molar-refractivity contribution in [1.29, 1.82) is 0 Å². The highest BCUT2D eigenvalue weighted by molar-refractivity contribution is 7.80. The Hall–Kier alpha value is -1.26. The van der Waals surface area contributed by atoms with Crippen LogP contribution in [0.3, 0.4) is 0 Å². The van der Waals surface area contributed by atoms with Gasteiger partial charge in [0.2, 0.25) is 0 Å². The van der Waals surface area contributed by atoms with E-state index in [1.54, 1.807) is 17.5 Å². The summed E-state index contributed by atoms with van der Waals surface area (Å²) < 4.78 is 0. The second-order valence-electron chi connectivity index (χ2n) is 4.01. The van der Waals surface area contributed by atoms with E-state index < -0.39 is 0 Å². The Morgan fingerprint density at radius 2 is 2.18 bits per heavy atom. The summed E-state index contributed by atoms with van der Waals surface area (Å²) in [4.78, 5) is 6.29. The molecule has 0 aromatic carbocycles. The molecule has 2 nitrogen and oxygen atoms in total. The largest absolute Gasteiger partial charge is 0.374 e. The predicted molar refractivity (Wildman–Crippen MR) is 77.5 cm³/mol. The third-order valence-corrected chi connectivity index (χ3v) is 3.50. The molecule has 1 N–H and O–H groups in total. The Morgan fingerprint density at radius 3 is 2.82 bits per heavy atom. The number of nitrogens with zero attached hydrogens (tertiary/aromatic N) is 1. The Labute approximate surface area is 111 Å². The smallest absolute Gasteiger partial charge is 0.108 e. The van der Waals surface area contributed by atoms with Crippen LogP contribution in [0.25, 0.3) is 10.6 Å². The standard InChI is InChI=1S/C13H14N2S2/c1-9(2)15-13(16)10-6-8-17-12(10)11-5-3-4-7-14-11/h3-9H,1-2H3,(H,15,16). The van der Waals surface area contributed by atoms with Gasteiger partial charge >= 0.3 is 0 Å². The number of aromatic nitrogens is 1. The zero-order valence-corrected chi connectivity index (χ0v) is 11.4. The van der Waals surface area contributed by atoms with Crippen LogP contribution in [0.1, 0.15) is 19.4 Å². The molecule has 0 aliphatic carbocycles. The van der Waals surface area contributed by atoms with E-state index in [0.717, 1.165) is 21.1 Å². The maximum absolute atomic E-state index is 5.41. The monoisotopic (exact) mass is 262 g/mol. The molecule has 2 heterocycles. The molecule has 0 aliphatic rings. The van der Waals surface area contributed by atoms with Crippen LogP contribution in [0.2, 0.25) is 0 Å². The number of thiocarbonyl (C=S) groups is 1. The summed E-state index contributed by atoms with van der Waals surface area (Å²) in [6.45, 7) is 4.16. The molecule has 2 aromatic heterocycles. The molecule has 88 valence electrons. The lowest BCUT2D eigenvalue weighted by atomic mass is 10.2. The zero-order chi connectivity index (χ0) is 12.3. The maximum atomic E-state index is 5.41. The minimum atomic E-state index is 0.346. The van der Waals surface area contributed by atoms with Gasteiger partial charge in [0.25, 0.3) is 0 Å². The van der Waals surface area contributed by atoms with Crippen molar-refractivity contribution in [3.8, 4) is 10.6 Å². The minimum Gasteiger partial charge on any atom is -0.374 e. The molecule has 0 fully saturated rings. The van der Waals surface area contributed by atoms with Crippen LogP contribution in [0.15, 0.2) is 35.8 Å². The van der Waals surface area contributed by atoms with Crippen molar-refractivity contribution in [2.45, 2.75) is 19.9 Å². The SMILES string of the molecule is CC(C)NC(=S)c1ccsc1-c1ccccn1. The summed E-state index contributed by atoms with van der Waals surface area (Å²) >= 11 is 7.07. The van der Waals surface area contributed by atoms with Crippen LogP contribution in [0, 0.1) is 0 Å². The Kier molecular flexibility index (Phi) is 3.86. The molecular formula is C13H14N2S2. The number of thiophene rings is 1. The van der Waals surface area contributed by atoms with Crippen molar-refractivity contribution < 1.29 is 0 Å². The third-order valence-electron chi connectivity index (χ3n) is 2.23. The van der Waals surface area contributed by atoms with E-state index in [-0.39, 0.29) is 0 Å². The van der Waals surface area contributed by atoms with Crippen LogP contribution < -0.4 is 5.32 Å². The Morgan fingerprint density at radius 1 is 1.35 bits per heavy atom. The first-order chi connectivity index (χ1) is 8.18. The van der Waals surface area contributed by atoms with Gasteiger partial charge in [-0.15, -0.1) is 11.3 Å². The Bertz CT molecular complexity index is 503. The van der Waals surface area contributed by atoms with Crippen molar-refractivity contribution >= 4 is 28.5 Å². The zero-order valence-electron chi connectivity index (χ0n) is 9.81. The molecule has 0 bridgehead atoms. The van der Waals surface area contributed by atoms with Crippen molar-refractivity contribution in [3.63, 3.8) is 0 Å². The molecule has 0 atom stereocenters. The fourth-order valence-electron chi connectivity index (χ4n) is 1.52. The van der Waals surface area contributed by atoms with Gasteiger partial charge in [0.15, 0.2) is 0 Å². The summed E-state index contributed by atoms with van der Waals surface area (Å²) in [5.74, 6) is 0. The molecule has 0 radical (unpaired) electrons. The highest BCUT2D eigenvalue weighted by atomic mass is 32.1. The molecule has 4 heteroatoms. The average molecular weight is 262 g/mol. The number of hydrogen-bond donors (Lipinski definition) is 1. The van der Waals surface area contributed by atoms with Gasteiger partial charge in [0.05, 0.1) is 10.6 Å². The normalized spacial score (nSPS) is 10.5. The van der Waals surface area contributed by atoms with Gasteiger partial charge in [0.1, 0.15) is 4.99 Å². The van der Waals surface area contributed by atoms with Crippen LogP contribution in [-0.2, 0) is 0 Å². The quantitative estimate of drug-likeness (QED) is 0.857. The fourth-order valence-corrected chi connectivity index (χ4v) is 2.87. The van der Waals surface area contributed by atoms with Crippen molar-refractivity contribution in [1.82, 2.24) is 10.3 Å². The van der Waals surface area contributed by atoms with Gasteiger partial charge in [-0.05, 0) is 37.4 Å². The van der Waals surface area contributed by atoms with Gasteiger partial charge in [-0.1, -0.05) is 18.3 Å². The van der Waals surface area contributed by atoms with Gasteiger partial charge in [-0.25, -0.2) is 0 Å². The van der Waals surface area contributed by atoms with E-state index in [0.29, 0.717) is 6.04 Å². The third kappa shape index (κ3) is 2.90. The molecule has 0 amide bonds. The lowest BCUT2D eigenvalue weighted by Crippen LogP contribution is -2.29. The first-order valence-electron chi connectivity index (χ1n) is 5.48. The summed E-state index contributed by atoms with van der Waals surface area (Å²) in [7, 11) is 0. The second kappa shape index (κ2) is 5.38. The second-order valence-corrected chi connectivity index (χ2v) is 5.33. The summed E-state index contributed by atoms with van der Waals surface area (Å²) in [6.07, 6.45) is 1.80. The summed E-state index contributed by atoms with van der Waals surface area (Å²) in [5.41, 5.74) is 2.04. The predicted octanol–water partition coefficient (Wildman–Crippen LogP) is 3.48. The molecule has 0 unspecified atom stereocenters. The van der Waals surface area contributed by atoms with Gasteiger partial charge < -0.3 is 5.32 Å². The van der Waals surface area contributed by atoms with Crippen LogP contribution in [-0.4, -0.2) is 16.0 Å². The Balaban J connectivity index is 2.32. The molecule has 2 rings (SSSR count).